The van der Waals surface area contributed by atoms with Crippen molar-refractivity contribution >= 4 is 0 Å². The van der Waals surface area contributed by atoms with Gasteiger partial charge in [0.25, 0.3) is 0 Å². The first-order valence-electron chi connectivity index (χ1n) is 12.7. The number of unbranched alkanes of at least 4 members (excludes halogenated alkanes) is 1. The maximum Gasteiger partial charge on any atom is 0.0717 e. The van der Waals surface area contributed by atoms with Gasteiger partial charge in [0.1, 0.15) is 0 Å². The van der Waals surface area contributed by atoms with Crippen molar-refractivity contribution in [2.45, 2.75) is 96.5 Å². The lowest BCUT2D eigenvalue weighted by Crippen LogP contribution is -2.25. The van der Waals surface area contributed by atoms with E-state index in [0.29, 0.717) is 0 Å². The van der Waals surface area contributed by atoms with Crippen molar-refractivity contribution in [1.82, 2.24) is 0 Å². The summed E-state index contributed by atoms with van der Waals surface area (Å²) in [5.41, 5.74) is 2.86. The molecule has 0 atom stereocenters. The average Bonchev–Trinajstić information content (AvgIpc) is 2.80. The Morgan fingerprint density at radius 3 is 2.20 bits per heavy atom. The van der Waals surface area contributed by atoms with Crippen LogP contribution < -0.4 is 0 Å². The summed E-state index contributed by atoms with van der Waals surface area (Å²) in [6.07, 6.45) is 23.0. The molecule has 0 N–H and O–H groups in total. The molecule has 0 bridgehead atoms. The lowest BCUT2D eigenvalue weighted by atomic mass is 9.68. The Kier molecular flexibility index (Phi) is 10.2. The van der Waals surface area contributed by atoms with Crippen molar-refractivity contribution in [2.24, 2.45) is 17.8 Å². The number of ether oxygens (including phenoxy) is 1. The van der Waals surface area contributed by atoms with Crippen LogP contribution in [-0.4, -0.2) is 6.61 Å². The quantitative estimate of drug-likeness (QED) is 0.263. The predicted molar refractivity (Wildman–Crippen MR) is 130 cm³/mol. The molecular formula is C29H44O. The molecule has 0 aromatic heterocycles. The summed E-state index contributed by atoms with van der Waals surface area (Å²) in [4.78, 5) is 0. The Hall–Kier alpha value is -1.34. The Bertz CT molecular complexity index is 612. The highest BCUT2D eigenvalue weighted by atomic mass is 16.5. The summed E-state index contributed by atoms with van der Waals surface area (Å²) in [6, 6.07) is 9.30. The van der Waals surface area contributed by atoms with Crippen molar-refractivity contribution in [2.75, 3.05) is 6.61 Å². The van der Waals surface area contributed by atoms with E-state index < -0.39 is 0 Å². The zero-order valence-electron chi connectivity index (χ0n) is 19.4. The van der Waals surface area contributed by atoms with E-state index in [4.69, 9.17) is 4.74 Å². The van der Waals surface area contributed by atoms with Gasteiger partial charge >= 0.3 is 0 Å². The Morgan fingerprint density at radius 2 is 1.57 bits per heavy atom. The van der Waals surface area contributed by atoms with Crippen LogP contribution in [0.25, 0.3) is 0 Å². The van der Waals surface area contributed by atoms with E-state index in [9.17, 15) is 0 Å². The van der Waals surface area contributed by atoms with Crippen molar-refractivity contribution in [3.8, 4) is 0 Å². The fourth-order valence-electron chi connectivity index (χ4n) is 5.82. The second-order valence-electron chi connectivity index (χ2n) is 9.76. The predicted octanol–water partition coefficient (Wildman–Crippen LogP) is 8.61. The van der Waals surface area contributed by atoms with Crippen LogP contribution >= 0.6 is 0 Å². The molecule has 0 heterocycles. The van der Waals surface area contributed by atoms with Gasteiger partial charge in [-0.2, -0.15) is 0 Å². The zero-order chi connectivity index (χ0) is 21.0. The Balaban J connectivity index is 1.36. The molecular weight excluding hydrogens is 364 g/mol. The second-order valence-corrected chi connectivity index (χ2v) is 9.76. The highest BCUT2D eigenvalue weighted by Gasteiger charge is 2.31. The first-order chi connectivity index (χ1) is 14.8. The van der Waals surface area contributed by atoms with Crippen molar-refractivity contribution in [3.05, 3.63) is 60.2 Å². The Labute approximate surface area is 186 Å². The standard InChI is InChI=1S/C29H44O/c1-3-5-7-9-24-10-14-26(15-11-24)28-18-20-29(21-19-28)27-16-12-25(13-17-27)23-30-22-8-6-4-2/h3-4,6,12-13,16-17,24,26,28-29H,1,5,7-11,14-15,18-23H2,2H3/b6-4+. The van der Waals surface area contributed by atoms with Crippen LogP contribution in [0.2, 0.25) is 0 Å². The number of hydrogen-bond donors (Lipinski definition) is 0. The molecule has 0 saturated heterocycles. The molecule has 1 heteroatoms. The molecule has 2 aliphatic carbocycles. The summed E-state index contributed by atoms with van der Waals surface area (Å²) in [6.45, 7) is 7.47. The molecule has 0 aliphatic heterocycles. The molecule has 0 spiro atoms. The summed E-state index contributed by atoms with van der Waals surface area (Å²) >= 11 is 0. The van der Waals surface area contributed by atoms with E-state index in [1.807, 2.05) is 0 Å². The largest absolute Gasteiger partial charge is 0.376 e. The third kappa shape index (κ3) is 7.41. The van der Waals surface area contributed by atoms with Crippen LogP contribution in [0, 0.1) is 17.8 Å². The molecule has 1 aromatic carbocycles. The van der Waals surface area contributed by atoms with Gasteiger partial charge in [0.2, 0.25) is 0 Å². The van der Waals surface area contributed by atoms with Gasteiger partial charge in [-0.3, -0.25) is 0 Å². The monoisotopic (exact) mass is 408 g/mol. The van der Waals surface area contributed by atoms with Crippen molar-refractivity contribution in [1.29, 1.82) is 0 Å². The lowest BCUT2D eigenvalue weighted by molar-refractivity contribution is 0.125. The molecule has 30 heavy (non-hydrogen) atoms. The van der Waals surface area contributed by atoms with Crippen molar-refractivity contribution in [3.63, 3.8) is 0 Å². The first kappa shape index (κ1) is 23.3. The minimum Gasteiger partial charge on any atom is -0.376 e. The van der Waals surface area contributed by atoms with Crippen LogP contribution in [0.4, 0.5) is 0 Å². The smallest absolute Gasteiger partial charge is 0.0717 e. The minimum atomic E-state index is 0.737. The molecule has 1 nitrogen and oxygen atoms in total. The zero-order valence-corrected chi connectivity index (χ0v) is 19.4. The highest BCUT2D eigenvalue weighted by Crippen LogP contribution is 2.44. The van der Waals surface area contributed by atoms with Crippen molar-refractivity contribution < 1.29 is 4.74 Å². The molecule has 3 rings (SSSR count). The summed E-state index contributed by atoms with van der Waals surface area (Å²) in [5, 5.41) is 0. The van der Waals surface area contributed by atoms with E-state index in [-0.39, 0.29) is 0 Å². The summed E-state index contributed by atoms with van der Waals surface area (Å²) in [7, 11) is 0. The number of benzene rings is 1. The van der Waals surface area contributed by atoms with Crippen LogP contribution in [0.5, 0.6) is 0 Å². The summed E-state index contributed by atoms with van der Waals surface area (Å²) in [5.74, 6) is 3.80. The molecule has 2 aliphatic rings. The van der Waals surface area contributed by atoms with E-state index in [0.717, 1.165) is 43.3 Å². The van der Waals surface area contributed by atoms with Gasteiger partial charge in [-0.1, -0.05) is 61.8 Å². The first-order valence-corrected chi connectivity index (χ1v) is 12.7. The number of rotatable bonds is 11. The van der Waals surface area contributed by atoms with Gasteiger partial charge in [-0.05, 0) is 99.5 Å². The summed E-state index contributed by atoms with van der Waals surface area (Å²) < 4.78 is 5.77. The third-order valence-corrected chi connectivity index (χ3v) is 7.73. The molecule has 2 saturated carbocycles. The van der Waals surface area contributed by atoms with E-state index in [2.05, 4.69) is 56.0 Å². The van der Waals surface area contributed by atoms with Gasteiger partial charge < -0.3 is 4.74 Å². The molecule has 2 fully saturated rings. The van der Waals surface area contributed by atoms with Gasteiger partial charge in [0.05, 0.1) is 13.2 Å². The van der Waals surface area contributed by atoms with Crippen LogP contribution in [0.15, 0.2) is 49.1 Å². The number of allylic oxidation sites excluding steroid dienone is 2. The SMILES string of the molecule is C=CCCCC1CCC(C2CCC(c3ccc(COCC/C=C/C)cc3)CC2)CC1. The second kappa shape index (κ2) is 13.2. The normalized spacial score (nSPS) is 27.4. The van der Waals surface area contributed by atoms with Gasteiger partial charge in [0, 0.05) is 0 Å². The molecule has 1 aromatic rings. The van der Waals surface area contributed by atoms with Crippen LogP contribution in [0.1, 0.15) is 101 Å². The fourth-order valence-corrected chi connectivity index (χ4v) is 5.82. The lowest BCUT2D eigenvalue weighted by Gasteiger charge is -2.38. The maximum atomic E-state index is 5.77. The highest BCUT2D eigenvalue weighted by molar-refractivity contribution is 5.25. The third-order valence-electron chi connectivity index (χ3n) is 7.73. The van der Waals surface area contributed by atoms with Crippen LogP contribution in [-0.2, 0) is 11.3 Å². The topological polar surface area (TPSA) is 9.23 Å². The van der Waals surface area contributed by atoms with Crippen LogP contribution in [0.3, 0.4) is 0 Å². The van der Waals surface area contributed by atoms with E-state index >= 15 is 0 Å². The molecule has 0 radical (unpaired) electrons. The molecule has 0 unspecified atom stereocenters. The van der Waals surface area contributed by atoms with Gasteiger partial charge in [0.15, 0.2) is 0 Å². The Morgan fingerprint density at radius 1 is 0.900 bits per heavy atom. The van der Waals surface area contributed by atoms with E-state index in [1.54, 1.807) is 5.56 Å². The molecule has 0 amide bonds. The molecule has 166 valence electrons. The average molecular weight is 409 g/mol. The maximum absolute atomic E-state index is 5.77. The van der Waals surface area contributed by atoms with Gasteiger partial charge in [-0.15, -0.1) is 6.58 Å². The van der Waals surface area contributed by atoms with Gasteiger partial charge in [-0.25, -0.2) is 0 Å². The number of hydrogen-bond acceptors (Lipinski definition) is 1. The van der Waals surface area contributed by atoms with E-state index in [1.165, 1.54) is 76.2 Å². The fraction of sp³-hybridized carbons (Fsp3) is 0.655. The minimum absolute atomic E-state index is 0.737.